The fraction of sp³-hybridized carbons (Fsp3) is 0.917. The molecule has 3 atom stereocenters. The molecule has 2 aliphatic rings. The molecule has 1 heterocycles. The normalized spacial score (nSPS) is 34.9. The van der Waals surface area contributed by atoms with E-state index in [0.717, 1.165) is 51.6 Å². The van der Waals surface area contributed by atoms with Gasteiger partial charge in [0.1, 0.15) is 0 Å². The van der Waals surface area contributed by atoms with Crippen LogP contribution in [0.4, 0.5) is 0 Å². The van der Waals surface area contributed by atoms with Crippen LogP contribution in [0.2, 0.25) is 0 Å². The molecule has 3 unspecified atom stereocenters. The second kappa shape index (κ2) is 5.64. The van der Waals surface area contributed by atoms with Crippen LogP contribution in [0.3, 0.4) is 0 Å². The largest absolute Gasteiger partial charge is 0.393 e. The number of rotatable bonds is 3. The molecule has 1 amide bonds. The van der Waals surface area contributed by atoms with Gasteiger partial charge in [-0.2, -0.15) is 0 Å². The Hall–Kier alpha value is -0.610. The molecule has 1 aliphatic heterocycles. The quantitative estimate of drug-likeness (QED) is 0.653. The number of nitrogens with one attached hydrogen (secondary N) is 2. The summed E-state index contributed by atoms with van der Waals surface area (Å²) in [5.41, 5.74) is 0. The molecule has 0 aromatic heterocycles. The molecular weight excluding hydrogens is 204 g/mol. The Balaban J connectivity index is 1.67. The third-order valence-electron chi connectivity index (χ3n) is 3.70. The molecule has 1 saturated heterocycles. The van der Waals surface area contributed by atoms with E-state index in [4.69, 9.17) is 0 Å². The summed E-state index contributed by atoms with van der Waals surface area (Å²) >= 11 is 0. The van der Waals surface area contributed by atoms with Gasteiger partial charge in [-0.25, -0.2) is 0 Å². The Morgan fingerprint density at radius 2 is 2.19 bits per heavy atom. The summed E-state index contributed by atoms with van der Waals surface area (Å²) in [4.78, 5) is 11.7. The zero-order valence-electron chi connectivity index (χ0n) is 9.74. The van der Waals surface area contributed by atoms with Crippen LogP contribution in [-0.4, -0.2) is 36.2 Å². The smallest absolute Gasteiger partial charge is 0.237 e. The molecule has 0 bridgehead atoms. The van der Waals surface area contributed by atoms with Crippen molar-refractivity contribution in [2.24, 2.45) is 5.92 Å². The predicted molar refractivity (Wildman–Crippen MR) is 62.0 cm³/mol. The van der Waals surface area contributed by atoms with Crippen LogP contribution in [0.15, 0.2) is 0 Å². The molecule has 92 valence electrons. The Kier molecular flexibility index (Phi) is 4.18. The van der Waals surface area contributed by atoms with Gasteiger partial charge < -0.3 is 15.7 Å². The lowest BCUT2D eigenvalue weighted by atomic mass is 9.87. The molecule has 0 aromatic rings. The standard InChI is InChI=1S/C12H22N2O2/c15-10-4-1-3-9(7-10)8-14-12(16)11-5-2-6-13-11/h9-11,13,15H,1-8H2,(H,14,16). The van der Waals surface area contributed by atoms with E-state index in [1.54, 1.807) is 0 Å². The van der Waals surface area contributed by atoms with E-state index < -0.39 is 0 Å². The van der Waals surface area contributed by atoms with Crippen LogP contribution in [0.1, 0.15) is 38.5 Å². The van der Waals surface area contributed by atoms with E-state index in [1.165, 1.54) is 0 Å². The highest BCUT2D eigenvalue weighted by molar-refractivity contribution is 5.81. The summed E-state index contributed by atoms with van der Waals surface area (Å²) in [5.74, 6) is 0.603. The fourth-order valence-electron chi connectivity index (χ4n) is 2.72. The fourth-order valence-corrected chi connectivity index (χ4v) is 2.72. The van der Waals surface area contributed by atoms with Crippen molar-refractivity contribution < 1.29 is 9.90 Å². The van der Waals surface area contributed by atoms with E-state index in [2.05, 4.69) is 10.6 Å². The number of aliphatic hydroxyl groups is 1. The zero-order valence-corrected chi connectivity index (χ0v) is 9.74. The monoisotopic (exact) mass is 226 g/mol. The lowest BCUT2D eigenvalue weighted by Gasteiger charge is -2.26. The van der Waals surface area contributed by atoms with Crippen molar-refractivity contribution in [3.05, 3.63) is 0 Å². The first-order chi connectivity index (χ1) is 7.75. The van der Waals surface area contributed by atoms with Gasteiger partial charge in [-0.15, -0.1) is 0 Å². The maximum Gasteiger partial charge on any atom is 0.237 e. The van der Waals surface area contributed by atoms with E-state index in [-0.39, 0.29) is 18.1 Å². The summed E-state index contributed by atoms with van der Waals surface area (Å²) in [7, 11) is 0. The summed E-state index contributed by atoms with van der Waals surface area (Å²) in [6.45, 7) is 1.69. The number of carbonyl (C=O) groups is 1. The third kappa shape index (κ3) is 3.19. The maximum absolute atomic E-state index is 11.7. The predicted octanol–water partition coefficient (Wildman–Crippen LogP) is 0.406. The van der Waals surface area contributed by atoms with Crippen LogP contribution in [-0.2, 0) is 4.79 Å². The molecule has 4 heteroatoms. The van der Waals surface area contributed by atoms with Gasteiger partial charge in [0.05, 0.1) is 12.1 Å². The zero-order chi connectivity index (χ0) is 11.4. The van der Waals surface area contributed by atoms with Crippen LogP contribution in [0.5, 0.6) is 0 Å². The Bertz CT molecular complexity index is 239. The molecule has 0 spiro atoms. The van der Waals surface area contributed by atoms with E-state index >= 15 is 0 Å². The minimum absolute atomic E-state index is 0.0218. The maximum atomic E-state index is 11.7. The van der Waals surface area contributed by atoms with Gasteiger partial charge in [0.2, 0.25) is 5.91 Å². The highest BCUT2D eigenvalue weighted by Crippen LogP contribution is 2.23. The van der Waals surface area contributed by atoms with E-state index in [0.29, 0.717) is 5.92 Å². The molecule has 2 fully saturated rings. The SMILES string of the molecule is O=C(NCC1CCCC(O)C1)C1CCCN1. The van der Waals surface area contributed by atoms with Gasteiger partial charge >= 0.3 is 0 Å². The summed E-state index contributed by atoms with van der Waals surface area (Å²) in [6.07, 6.45) is 5.89. The summed E-state index contributed by atoms with van der Waals surface area (Å²) in [6, 6.07) is 0.0218. The van der Waals surface area contributed by atoms with Gasteiger partial charge in [0, 0.05) is 6.54 Å². The molecule has 16 heavy (non-hydrogen) atoms. The molecule has 0 radical (unpaired) electrons. The minimum atomic E-state index is -0.153. The average Bonchev–Trinajstić information content (AvgIpc) is 2.79. The minimum Gasteiger partial charge on any atom is -0.393 e. The Morgan fingerprint density at radius 1 is 1.31 bits per heavy atom. The molecule has 1 aliphatic carbocycles. The first-order valence-electron chi connectivity index (χ1n) is 6.45. The first kappa shape index (κ1) is 11.9. The lowest BCUT2D eigenvalue weighted by Crippen LogP contribution is -2.43. The number of amides is 1. The Morgan fingerprint density at radius 3 is 2.88 bits per heavy atom. The number of hydrogen-bond acceptors (Lipinski definition) is 3. The van der Waals surface area contributed by atoms with E-state index in [9.17, 15) is 9.90 Å². The summed E-state index contributed by atoms with van der Waals surface area (Å²) < 4.78 is 0. The highest BCUT2D eigenvalue weighted by Gasteiger charge is 2.24. The van der Waals surface area contributed by atoms with E-state index in [1.807, 2.05) is 0 Å². The first-order valence-corrected chi connectivity index (χ1v) is 6.45. The van der Waals surface area contributed by atoms with Gasteiger partial charge in [0.25, 0.3) is 0 Å². The van der Waals surface area contributed by atoms with Crippen molar-refractivity contribution in [1.29, 1.82) is 0 Å². The van der Waals surface area contributed by atoms with Crippen molar-refractivity contribution >= 4 is 5.91 Å². The number of carbonyl (C=O) groups excluding carboxylic acids is 1. The van der Waals surface area contributed by atoms with Gasteiger partial charge in [-0.3, -0.25) is 4.79 Å². The molecule has 4 nitrogen and oxygen atoms in total. The summed E-state index contributed by atoms with van der Waals surface area (Å²) in [5, 5.41) is 15.7. The molecule has 0 aromatic carbocycles. The van der Waals surface area contributed by atoms with Crippen molar-refractivity contribution in [1.82, 2.24) is 10.6 Å². The number of aliphatic hydroxyl groups excluding tert-OH is 1. The second-order valence-corrected chi connectivity index (χ2v) is 5.08. The van der Waals surface area contributed by atoms with Crippen LogP contribution < -0.4 is 10.6 Å². The Labute approximate surface area is 96.8 Å². The van der Waals surface area contributed by atoms with Crippen molar-refractivity contribution in [3.63, 3.8) is 0 Å². The topological polar surface area (TPSA) is 61.4 Å². The van der Waals surface area contributed by atoms with Crippen molar-refractivity contribution in [2.75, 3.05) is 13.1 Å². The second-order valence-electron chi connectivity index (χ2n) is 5.08. The van der Waals surface area contributed by atoms with Crippen molar-refractivity contribution in [2.45, 2.75) is 50.7 Å². The molecule has 1 saturated carbocycles. The molecular formula is C12H22N2O2. The van der Waals surface area contributed by atoms with Crippen LogP contribution in [0.25, 0.3) is 0 Å². The highest BCUT2D eigenvalue weighted by atomic mass is 16.3. The van der Waals surface area contributed by atoms with Gasteiger partial charge in [-0.1, -0.05) is 6.42 Å². The lowest BCUT2D eigenvalue weighted by molar-refractivity contribution is -0.123. The van der Waals surface area contributed by atoms with Crippen LogP contribution in [0, 0.1) is 5.92 Å². The third-order valence-corrected chi connectivity index (χ3v) is 3.70. The number of hydrogen-bond donors (Lipinski definition) is 3. The van der Waals surface area contributed by atoms with Crippen molar-refractivity contribution in [3.8, 4) is 0 Å². The average molecular weight is 226 g/mol. The van der Waals surface area contributed by atoms with Gasteiger partial charge in [0.15, 0.2) is 0 Å². The molecule has 3 N–H and O–H groups in total. The van der Waals surface area contributed by atoms with Crippen LogP contribution >= 0.6 is 0 Å². The van der Waals surface area contributed by atoms with Gasteiger partial charge in [-0.05, 0) is 44.6 Å². The molecule has 2 rings (SSSR count).